The van der Waals surface area contributed by atoms with Crippen LogP contribution in [-0.2, 0) is 20.9 Å². The smallest absolute Gasteiger partial charge is 0.313 e. The molecule has 0 aliphatic heterocycles. The van der Waals surface area contributed by atoms with Crippen molar-refractivity contribution >= 4 is 29.0 Å². The Bertz CT molecular complexity index is 958. The highest BCUT2D eigenvalue weighted by molar-refractivity contribution is 7.09. The summed E-state index contributed by atoms with van der Waals surface area (Å²) in [7, 11) is 0. The van der Waals surface area contributed by atoms with Gasteiger partial charge in [0.05, 0.1) is 17.2 Å². The van der Waals surface area contributed by atoms with Gasteiger partial charge in [-0.2, -0.15) is 5.10 Å². The molecule has 0 saturated carbocycles. The zero-order valence-corrected chi connectivity index (χ0v) is 16.7. The van der Waals surface area contributed by atoms with Crippen LogP contribution >= 0.6 is 11.3 Å². The number of carboxylic acids is 1. The van der Waals surface area contributed by atoms with Gasteiger partial charge in [0.1, 0.15) is 18.6 Å². The minimum absolute atomic E-state index is 0.00721. The lowest BCUT2D eigenvalue weighted by Crippen LogP contribution is -2.49. The number of amides is 1. The summed E-state index contributed by atoms with van der Waals surface area (Å²) in [6.45, 7) is 2.06. The maximum absolute atomic E-state index is 13.1. The number of nitrogens with zero attached hydrogens (tertiary/aromatic N) is 3. The number of aromatic nitrogens is 3. The van der Waals surface area contributed by atoms with Gasteiger partial charge in [-0.25, -0.2) is 14.1 Å². The number of Topliss-reactive ketones (excluding diaryl/α,β-unsaturated/α-hetero) is 1. The van der Waals surface area contributed by atoms with Gasteiger partial charge in [0.15, 0.2) is 5.78 Å². The summed E-state index contributed by atoms with van der Waals surface area (Å²) in [5.41, 5.74) is -0.464. The van der Waals surface area contributed by atoms with E-state index in [0.29, 0.717) is 12.1 Å². The molecule has 0 aromatic carbocycles. The van der Waals surface area contributed by atoms with Crippen molar-refractivity contribution in [1.82, 2.24) is 20.1 Å². The summed E-state index contributed by atoms with van der Waals surface area (Å²) in [5.74, 6) is -5.01. The van der Waals surface area contributed by atoms with Crippen molar-refractivity contribution in [2.45, 2.75) is 45.2 Å². The normalized spacial score (nSPS) is 12.9. The van der Waals surface area contributed by atoms with E-state index in [4.69, 9.17) is 0 Å². The minimum atomic E-state index is -1.75. The molecule has 0 bridgehead atoms. The number of halogens is 1. The van der Waals surface area contributed by atoms with Gasteiger partial charge in [-0.3, -0.25) is 19.2 Å². The van der Waals surface area contributed by atoms with Crippen LogP contribution in [0.25, 0.3) is 0 Å². The fourth-order valence-corrected chi connectivity index (χ4v) is 3.41. The highest BCUT2D eigenvalue weighted by atomic mass is 32.1. The van der Waals surface area contributed by atoms with E-state index in [-0.39, 0.29) is 18.5 Å². The number of carbonyl (C=O) groups is 3. The predicted molar refractivity (Wildman–Crippen MR) is 103 cm³/mol. The SMILES string of the molecule is CCCC(=O)NC(C(=O)CF)C(C(=O)O)c1ccnn(Cc2csc(C)n2)c1=O. The average molecular weight is 424 g/mol. The van der Waals surface area contributed by atoms with Crippen LogP contribution in [-0.4, -0.2) is 50.2 Å². The molecule has 2 atom stereocenters. The Morgan fingerprint density at radius 1 is 1.38 bits per heavy atom. The molecule has 0 aliphatic carbocycles. The van der Waals surface area contributed by atoms with Crippen molar-refractivity contribution in [1.29, 1.82) is 0 Å². The molecule has 2 N–H and O–H groups in total. The molecular weight excluding hydrogens is 403 g/mol. The molecule has 9 nitrogen and oxygen atoms in total. The Balaban J connectivity index is 2.45. The van der Waals surface area contributed by atoms with E-state index in [2.05, 4.69) is 15.4 Å². The van der Waals surface area contributed by atoms with Gasteiger partial charge in [-0.1, -0.05) is 6.92 Å². The fourth-order valence-electron chi connectivity index (χ4n) is 2.81. The van der Waals surface area contributed by atoms with Gasteiger partial charge >= 0.3 is 5.97 Å². The third kappa shape index (κ3) is 5.53. The van der Waals surface area contributed by atoms with Crippen LogP contribution in [0, 0.1) is 6.92 Å². The molecule has 29 heavy (non-hydrogen) atoms. The molecule has 0 saturated heterocycles. The van der Waals surface area contributed by atoms with Crippen LogP contribution in [0.1, 0.15) is 41.9 Å². The van der Waals surface area contributed by atoms with E-state index < -0.39 is 41.9 Å². The van der Waals surface area contributed by atoms with Crippen molar-refractivity contribution in [3.8, 4) is 0 Å². The first-order chi connectivity index (χ1) is 13.8. The minimum Gasteiger partial charge on any atom is -0.481 e. The van der Waals surface area contributed by atoms with E-state index in [1.807, 2.05) is 0 Å². The highest BCUT2D eigenvalue weighted by Crippen LogP contribution is 2.19. The number of carbonyl (C=O) groups excluding carboxylic acids is 2. The summed E-state index contributed by atoms with van der Waals surface area (Å²) >= 11 is 1.39. The zero-order chi connectivity index (χ0) is 21.6. The van der Waals surface area contributed by atoms with Crippen molar-refractivity contribution in [3.63, 3.8) is 0 Å². The maximum atomic E-state index is 13.1. The molecule has 11 heteroatoms. The molecule has 2 unspecified atom stereocenters. The molecule has 2 aromatic heterocycles. The molecule has 0 radical (unpaired) electrons. The topological polar surface area (TPSA) is 131 Å². The van der Waals surface area contributed by atoms with E-state index in [9.17, 15) is 28.7 Å². The van der Waals surface area contributed by atoms with Crippen molar-refractivity contribution < 1.29 is 23.9 Å². The zero-order valence-electron chi connectivity index (χ0n) is 15.9. The average Bonchev–Trinajstić information content (AvgIpc) is 3.08. The number of thiazole rings is 1. The lowest BCUT2D eigenvalue weighted by molar-refractivity contribution is -0.142. The van der Waals surface area contributed by atoms with E-state index in [1.165, 1.54) is 17.5 Å². The molecule has 2 heterocycles. The van der Waals surface area contributed by atoms with Crippen molar-refractivity contribution in [2.24, 2.45) is 0 Å². The Morgan fingerprint density at radius 3 is 2.66 bits per heavy atom. The summed E-state index contributed by atoms with van der Waals surface area (Å²) in [4.78, 5) is 53.0. The second-order valence-electron chi connectivity index (χ2n) is 6.32. The van der Waals surface area contributed by atoms with E-state index in [0.717, 1.165) is 15.8 Å². The third-order valence-electron chi connectivity index (χ3n) is 4.13. The molecule has 156 valence electrons. The fraction of sp³-hybridized carbons (Fsp3) is 0.444. The number of ketones is 1. The van der Waals surface area contributed by atoms with Gasteiger partial charge in [0, 0.05) is 23.6 Å². The number of nitrogens with one attached hydrogen (secondary N) is 1. The highest BCUT2D eigenvalue weighted by Gasteiger charge is 2.38. The number of hydrogen-bond donors (Lipinski definition) is 2. The Morgan fingerprint density at radius 2 is 2.10 bits per heavy atom. The second kappa shape index (κ2) is 10.0. The monoisotopic (exact) mass is 424 g/mol. The van der Waals surface area contributed by atoms with Crippen LogP contribution in [0.5, 0.6) is 0 Å². The Kier molecular flexibility index (Phi) is 7.71. The molecule has 1 amide bonds. The van der Waals surface area contributed by atoms with Gasteiger partial charge in [-0.15, -0.1) is 11.3 Å². The lowest BCUT2D eigenvalue weighted by Gasteiger charge is -2.23. The Labute approximate surface area is 169 Å². The first-order valence-corrected chi connectivity index (χ1v) is 9.74. The van der Waals surface area contributed by atoms with Crippen molar-refractivity contribution in [2.75, 3.05) is 6.67 Å². The predicted octanol–water partition coefficient (Wildman–Crippen LogP) is 1.05. The lowest BCUT2D eigenvalue weighted by atomic mass is 9.89. The molecule has 2 aromatic rings. The Hall–Kier alpha value is -2.95. The quantitative estimate of drug-likeness (QED) is 0.583. The van der Waals surface area contributed by atoms with Crippen LogP contribution in [0.4, 0.5) is 4.39 Å². The van der Waals surface area contributed by atoms with Gasteiger partial charge in [-0.05, 0) is 19.4 Å². The maximum Gasteiger partial charge on any atom is 0.313 e. The largest absolute Gasteiger partial charge is 0.481 e. The number of carboxylic acid groups (broad SMARTS) is 1. The van der Waals surface area contributed by atoms with Crippen LogP contribution in [0.3, 0.4) is 0 Å². The van der Waals surface area contributed by atoms with Gasteiger partial charge in [0.25, 0.3) is 5.56 Å². The second-order valence-corrected chi connectivity index (χ2v) is 7.38. The number of aryl methyl sites for hydroxylation is 1. The van der Waals surface area contributed by atoms with Crippen LogP contribution in [0.15, 0.2) is 22.4 Å². The standard InChI is InChI=1S/C18H21FN4O5S/c1-3-4-14(25)22-16(13(24)7-19)15(18(27)28)12-5-6-20-23(17(12)26)8-11-9-29-10(2)21-11/h5-6,9,15-16H,3-4,7-8H2,1-2H3,(H,22,25)(H,27,28). The first kappa shape index (κ1) is 22.3. The molecule has 0 aliphatic rings. The molecule has 2 rings (SSSR count). The van der Waals surface area contributed by atoms with Gasteiger partial charge in [0.2, 0.25) is 5.91 Å². The number of rotatable bonds is 10. The summed E-state index contributed by atoms with van der Waals surface area (Å²) < 4.78 is 14.1. The van der Waals surface area contributed by atoms with Crippen molar-refractivity contribution in [3.05, 3.63) is 44.3 Å². The first-order valence-electron chi connectivity index (χ1n) is 8.86. The van der Waals surface area contributed by atoms with Crippen LogP contribution in [0.2, 0.25) is 0 Å². The molecular formula is C18H21FN4O5S. The molecule has 0 spiro atoms. The summed E-state index contributed by atoms with van der Waals surface area (Å²) in [5, 5.41) is 18.4. The van der Waals surface area contributed by atoms with E-state index in [1.54, 1.807) is 19.2 Å². The number of alkyl halides is 1. The molecule has 0 fully saturated rings. The summed E-state index contributed by atoms with van der Waals surface area (Å²) in [6, 6.07) is -0.546. The van der Waals surface area contributed by atoms with Gasteiger partial charge < -0.3 is 10.4 Å². The third-order valence-corrected chi connectivity index (χ3v) is 4.95. The van der Waals surface area contributed by atoms with Crippen LogP contribution < -0.4 is 10.9 Å². The van der Waals surface area contributed by atoms with E-state index >= 15 is 0 Å². The summed E-state index contributed by atoms with van der Waals surface area (Å²) in [6.07, 6.45) is 1.71. The number of aliphatic carboxylic acids is 1. The number of hydrogen-bond acceptors (Lipinski definition) is 7.